The minimum absolute atomic E-state index is 0.00864. The third-order valence-corrected chi connectivity index (χ3v) is 6.72. The van der Waals surface area contributed by atoms with Gasteiger partial charge in [0.2, 0.25) is 5.91 Å². The molecule has 3 rings (SSSR count). The van der Waals surface area contributed by atoms with Crippen LogP contribution in [0.1, 0.15) is 44.6 Å². The maximum atomic E-state index is 12.8. The van der Waals surface area contributed by atoms with Crippen LogP contribution in [0.15, 0.2) is 12.1 Å². The lowest BCUT2D eigenvalue weighted by atomic mass is 10.2. The number of amides is 1. The molecule has 0 aromatic heterocycles. The number of likely N-dealkylation sites (tertiary alicyclic amines) is 1. The fourth-order valence-corrected chi connectivity index (χ4v) is 4.72. The molecule has 1 aromatic rings. The molecule has 0 aliphatic carbocycles. The minimum Gasteiger partial charge on any atom is -0.489 e. The van der Waals surface area contributed by atoms with E-state index in [0.717, 1.165) is 50.8 Å². The lowest BCUT2D eigenvalue weighted by molar-refractivity contribution is -0.130. The summed E-state index contributed by atoms with van der Waals surface area (Å²) in [5, 5.41) is -0.0641. The van der Waals surface area contributed by atoms with E-state index in [9.17, 15) is 9.00 Å². The van der Waals surface area contributed by atoms with E-state index in [4.69, 9.17) is 21.1 Å². The Morgan fingerprint density at radius 3 is 2.58 bits per heavy atom. The van der Waals surface area contributed by atoms with Crippen molar-refractivity contribution in [3.05, 3.63) is 22.7 Å². The molecule has 2 heterocycles. The molecule has 2 aliphatic rings. The van der Waals surface area contributed by atoms with Crippen LogP contribution in [-0.2, 0) is 21.3 Å². The molecule has 1 saturated heterocycles. The fraction of sp³-hybridized carbons (Fsp3) is 0.632. The van der Waals surface area contributed by atoms with Gasteiger partial charge in [-0.1, -0.05) is 24.4 Å². The number of fused-ring (bicyclic) bond motifs is 1. The first-order valence-corrected chi connectivity index (χ1v) is 11.1. The molecule has 26 heavy (non-hydrogen) atoms. The Balaban J connectivity index is 1.68. The van der Waals surface area contributed by atoms with Gasteiger partial charge in [-0.3, -0.25) is 9.00 Å². The molecule has 144 valence electrons. The smallest absolute Gasteiger partial charge is 0.238 e. The molecular weight excluding hydrogens is 374 g/mol. The van der Waals surface area contributed by atoms with Crippen molar-refractivity contribution in [2.45, 2.75) is 50.0 Å². The van der Waals surface area contributed by atoms with Crippen molar-refractivity contribution < 1.29 is 18.5 Å². The van der Waals surface area contributed by atoms with Gasteiger partial charge in [0.25, 0.3) is 0 Å². The Morgan fingerprint density at radius 2 is 1.85 bits per heavy atom. The molecule has 2 atom stereocenters. The molecule has 0 N–H and O–H groups in total. The van der Waals surface area contributed by atoms with Crippen molar-refractivity contribution in [3.8, 4) is 11.5 Å². The van der Waals surface area contributed by atoms with Crippen LogP contribution in [0.5, 0.6) is 11.5 Å². The first-order chi connectivity index (χ1) is 12.6. The highest BCUT2D eigenvalue weighted by Gasteiger charge is 2.26. The van der Waals surface area contributed by atoms with E-state index in [1.54, 1.807) is 13.0 Å². The number of halogens is 1. The van der Waals surface area contributed by atoms with E-state index in [0.29, 0.717) is 29.7 Å². The van der Waals surface area contributed by atoms with Crippen molar-refractivity contribution in [1.29, 1.82) is 0 Å². The van der Waals surface area contributed by atoms with Crippen LogP contribution in [0.25, 0.3) is 0 Å². The highest BCUT2D eigenvalue weighted by Crippen LogP contribution is 2.38. The summed E-state index contributed by atoms with van der Waals surface area (Å²) in [6.07, 6.45) is 5.19. The van der Waals surface area contributed by atoms with Gasteiger partial charge in [0.1, 0.15) is 5.25 Å². The largest absolute Gasteiger partial charge is 0.489 e. The zero-order valence-corrected chi connectivity index (χ0v) is 16.7. The Kier molecular flexibility index (Phi) is 6.81. The second-order valence-corrected chi connectivity index (χ2v) is 9.03. The van der Waals surface area contributed by atoms with Crippen LogP contribution in [0.3, 0.4) is 0 Å². The van der Waals surface area contributed by atoms with Crippen LogP contribution < -0.4 is 9.47 Å². The SMILES string of the molecule is C[C@H](C(=O)N1CCCCCC1)[S@@](=O)Cc1cc(Cl)c2c(c1)OCCCO2. The average Bonchev–Trinajstić information content (AvgIpc) is 3.03. The predicted molar refractivity (Wildman–Crippen MR) is 103 cm³/mol. The molecule has 5 nitrogen and oxygen atoms in total. The van der Waals surface area contributed by atoms with Crippen molar-refractivity contribution in [2.75, 3.05) is 26.3 Å². The second-order valence-electron chi connectivity index (χ2n) is 6.86. The summed E-state index contributed by atoms with van der Waals surface area (Å²) in [6, 6.07) is 3.59. The zero-order valence-electron chi connectivity index (χ0n) is 15.2. The number of nitrogens with zero attached hydrogens (tertiary/aromatic N) is 1. The summed E-state index contributed by atoms with van der Waals surface area (Å²) >= 11 is 6.31. The molecule has 1 amide bonds. The van der Waals surface area contributed by atoms with E-state index in [1.807, 2.05) is 11.0 Å². The maximum Gasteiger partial charge on any atom is 0.238 e. The van der Waals surface area contributed by atoms with Gasteiger partial charge in [0.05, 0.1) is 18.2 Å². The van der Waals surface area contributed by atoms with Gasteiger partial charge in [-0.25, -0.2) is 0 Å². The quantitative estimate of drug-likeness (QED) is 0.777. The second kappa shape index (κ2) is 9.09. The Hall–Kier alpha value is -1.27. The normalized spacial score (nSPS) is 20.0. The topological polar surface area (TPSA) is 55.8 Å². The molecule has 7 heteroatoms. The summed E-state index contributed by atoms with van der Waals surface area (Å²) < 4.78 is 24.1. The molecule has 2 aliphatic heterocycles. The first-order valence-electron chi connectivity index (χ1n) is 9.30. The van der Waals surface area contributed by atoms with Gasteiger partial charge < -0.3 is 14.4 Å². The highest BCUT2D eigenvalue weighted by atomic mass is 35.5. The third-order valence-electron chi connectivity index (χ3n) is 4.83. The van der Waals surface area contributed by atoms with Crippen molar-refractivity contribution in [2.24, 2.45) is 0 Å². The number of carbonyl (C=O) groups excluding carboxylic acids is 1. The monoisotopic (exact) mass is 399 g/mol. The highest BCUT2D eigenvalue weighted by molar-refractivity contribution is 7.85. The summed E-state index contributed by atoms with van der Waals surface area (Å²) in [5.74, 6) is 1.41. The third kappa shape index (κ3) is 4.71. The Labute approximate surface area is 162 Å². The standard InChI is InChI=1S/C19H26ClNO4S/c1-14(19(22)21-7-4-2-3-5-8-21)26(23)13-15-11-16(20)18-17(12-15)24-9-6-10-25-18/h11-12,14H,2-10,13H2,1H3/t14-,26+/m1/s1. The van der Waals surface area contributed by atoms with E-state index in [2.05, 4.69) is 0 Å². The summed E-state index contributed by atoms with van der Waals surface area (Å²) in [7, 11) is -1.31. The van der Waals surface area contributed by atoms with Gasteiger partial charge in [-0.15, -0.1) is 0 Å². The van der Waals surface area contributed by atoms with Gasteiger partial charge in [-0.2, -0.15) is 0 Å². The lowest BCUT2D eigenvalue weighted by Gasteiger charge is -2.24. The fourth-order valence-electron chi connectivity index (χ4n) is 3.32. The lowest BCUT2D eigenvalue weighted by Crippen LogP contribution is -2.40. The van der Waals surface area contributed by atoms with Gasteiger partial charge >= 0.3 is 0 Å². The molecule has 0 unspecified atom stereocenters. The molecular formula is C19H26ClNO4S. The van der Waals surface area contributed by atoms with Crippen molar-refractivity contribution >= 4 is 28.3 Å². The van der Waals surface area contributed by atoms with Crippen molar-refractivity contribution in [1.82, 2.24) is 4.90 Å². The van der Waals surface area contributed by atoms with E-state index >= 15 is 0 Å². The molecule has 1 fully saturated rings. The number of benzene rings is 1. The molecule has 1 aromatic carbocycles. The average molecular weight is 400 g/mol. The van der Waals surface area contributed by atoms with Crippen LogP contribution >= 0.6 is 11.6 Å². The minimum atomic E-state index is -1.31. The van der Waals surface area contributed by atoms with Crippen LogP contribution in [0, 0.1) is 0 Å². The van der Waals surface area contributed by atoms with Gasteiger partial charge in [-0.05, 0) is 37.5 Å². The summed E-state index contributed by atoms with van der Waals surface area (Å²) in [4.78, 5) is 14.6. The van der Waals surface area contributed by atoms with E-state index < -0.39 is 16.0 Å². The zero-order chi connectivity index (χ0) is 18.5. The van der Waals surface area contributed by atoms with E-state index in [-0.39, 0.29) is 11.7 Å². The van der Waals surface area contributed by atoms with Crippen molar-refractivity contribution in [3.63, 3.8) is 0 Å². The molecule has 0 saturated carbocycles. The number of rotatable bonds is 4. The molecule has 0 spiro atoms. The van der Waals surface area contributed by atoms with Crippen LogP contribution in [-0.4, -0.2) is 46.6 Å². The Morgan fingerprint density at radius 1 is 1.15 bits per heavy atom. The number of hydrogen-bond donors (Lipinski definition) is 0. The number of ether oxygens (including phenoxy) is 2. The predicted octanol–water partition coefficient (Wildman–Crippen LogP) is 3.54. The number of hydrogen-bond acceptors (Lipinski definition) is 4. The Bertz CT molecular complexity index is 674. The van der Waals surface area contributed by atoms with Crippen LogP contribution in [0.4, 0.5) is 0 Å². The molecule has 0 radical (unpaired) electrons. The van der Waals surface area contributed by atoms with Crippen LogP contribution in [0.2, 0.25) is 5.02 Å². The van der Waals surface area contributed by atoms with Gasteiger partial charge in [0.15, 0.2) is 11.5 Å². The number of carbonyl (C=O) groups is 1. The van der Waals surface area contributed by atoms with Gasteiger partial charge in [0, 0.05) is 36.1 Å². The molecule has 0 bridgehead atoms. The summed E-state index contributed by atoms with van der Waals surface area (Å²) in [6.45, 7) is 4.44. The summed E-state index contributed by atoms with van der Waals surface area (Å²) in [5.41, 5.74) is 0.799. The van der Waals surface area contributed by atoms with E-state index in [1.165, 1.54) is 0 Å². The first kappa shape index (κ1) is 19.5. The maximum absolute atomic E-state index is 12.8.